The number of alkyl halides is 2. The molecule has 0 spiro atoms. The van der Waals surface area contributed by atoms with Crippen molar-refractivity contribution in [3.05, 3.63) is 54.1 Å². The van der Waals surface area contributed by atoms with Crippen LogP contribution in [0, 0.1) is 0 Å². The van der Waals surface area contributed by atoms with Crippen LogP contribution in [0.2, 0.25) is 0 Å². The molecule has 6 heteroatoms. The highest BCUT2D eigenvalue weighted by atomic mass is 19.3. The fraction of sp³-hybridized carbons (Fsp3) is 0.133. The summed E-state index contributed by atoms with van der Waals surface area (Å²) in [5.74, 6) is 0.382. The molecule has 0 aromatic heterocycles. The summed E-state index contributed by atoms with van der Waals surface area (Å²) in [6, 6.07) is 12.3. The number of hydrogen-bond acceptors (Lipinski definition) is 3. The fourth-order valence-electron chi connectivity index (χ4n) is 1.67. The molecule has 0 aliphatic heterocycles. The van der Waals surface area contributed by atoms with Gasteiger partial charge in [0.2, 0.25) is 0 Å². The highest BCUT2D eigenvalue weighted by Gasteiger charge is 2.07. The van der Waals surface area contributed by atoms with Crippen molar-refractivity contribution in [3.63, 3.8) is 0 Å². The first-order valence-electron chi connectivity index (χ1n) is 6.09. The summed E-state index contributed by atoms with van der Waals surface area (Å²) in [6.45, 7) is -2.87. The standard InChI is InChI=1S/C15H13F2NO3/c1-20-12-6-2-10(3-7-12)14(19)18-11-4-8-13(9-5-11)21-15(16)17/h2-9,15H,1H3,(H,18,19). The summed E-state index contributed by atoms with van der Waals surface area (Å²) in [5.41, 5.74) is 0.946. The molecule has 1 amide bonds. The molecule has 0 saturated heterocycles. The summed E-state index contributed by atoms with van der Waals surface area (Å²) in [6.07, 6.45) is 0. The molecular formula is C15H13F2NO3. The zero-order chi connectivity index (χ0) is 15.2. The predicted octanol–water partition coefficient (Wildman–Crippen LogP) is 3.55. The lowest BCUT2D eigenvalue weighted by Gasteiger charge is -2.08. The Labute approximate surface area is 120 Å². The van der Waals surface area contributed by atoms with Gasteiger partial charge in [0, 0.05) is 11.3 Å². The zero-order valence-corrected chi connectivity index (χ0v) is 11.2. The first-order chi connectivity index (χ1) is 10.1. The number of halogens is 2. The number of benzene rings is 2. The van der Waals surface area contributed by atoms with Crippen LogP contribution >= 0.6 is 0 Å². The SMILES string of the molecule is COc1ccc(C(=O)Nc2ccc(OC(F)F)cc2)cc1. The lowest BCUT2D eigenvalue weighted by atomic mass is 10.2. The Kier molecular flexibility index (Phi) is 4.71. The van der Waals surface area contributed by atoms with Crippen molar-refractivity contribution in [2.24, 2.45) is 0 Å². The van der Waals surface area contributed by atoms with Crippen molar-refractivity contribution < 1.29 is 23.0 Å². The molecule has 2 rings (SSSR count). The van der Waals surface area contributed by atoms with Crippen LogP contribution in [-0.4, -0.2) is 19.6 Å². The van der Waals surface area contributed by atoms with E-state index in [2.05, 4.69) is 10.1 Å². The molecule has 4 nitrogen and oxygen atoms in total. The summed E-state index contributed by atoms with van der Waals surface area (Å²) < 4.78 is 33.3. The van der Waals surface area contributed by atoms with Crippen LogP contribution in [0.15, 0.2) is 48.5 Å². The van der Waals surface area contributed by atoms with Crippen LogP contribution in [0.5, 0.6) is 11.5 Å². The van der Waals surface area contributed by atoms with Gasteiger partial charge in [-0.2, -0.15) is 8.78 Å². The van der Waals surface area contributed by atoms with E-state index in [0.717, 1.165) is 0 Å². The van der Waals surface area contributed by atoms with E-state index in [1.165, 1.54) is 31.4 Å². The molecule has 0 bridgehead atoms. The Hall–Kier alpha value is -2.63. The van der Waals surface area contributed by atoms with Gasteiger partial charge in [-0.05, 0) is 48.5 Å². The molecule has 1 N–H and O–H groups in total. The smallest absolute Gasteiger partial charge is 0.387 e. The van der Waals surface area contributed by atoms with Gasteiger partial charge < -0.3 is 14.8 Å². The number of carbonyl (C=O) groups is 1. The van der Waals surface area contributed by atoms with Crippen molar-refractivity contribution in [1.29, 1.82) is 0 Å². The van der Waals surface area contributed by atoms with Crippen LogP contribution in [0.4, 0.5) is 14.5 Å². The third-order valence-corrected chi connectivity index (χ3v) is 2.69. The highest BCUT2D eigenvalue weighted by Crippen LogP contribution is 2.19. The summed E-state index contributed by atoms with van der Waals surface area (Å²) >= 11 is 0. The Bertz CT molecular complexity index is 597. The van der Waals surface area contributed by atoms with Crippen LogP contribution in [0.3, 0.4) is 0 Å². The molecule has 0 aliphatic rings. The molecule has 0 radical (unpaired) electrons. The molecule has 0 aliphatic carbocycles. The van der Waals surface area contributed by atoms with Crippen molar-refractivity contribution in [2.75, 3.05) is 12.4 Å². The van der Waals surface area contributed by atoms with Gasteiger partial charge >= 0.3 is 6.61 Å². The van der Waals surface area contributed by atoms with Crippen molar-refractivity contribution in [3.8, 4) is 11.5 Å². The number of hydrogen-bond donors (Lipinski definition) is 1. The molecule has 21 heavy (non-hydrogen) atoms. The molecule has 2 aromatic rings. The van der Waals surface area contributed by atoms with E-state index in [9.17, 15) is 13.6 Å². The molecular weight excluding hydrogens is 280 g/mol. The first kappa shape index (κ1) is 14.8. The number of methoxy groups -OCH3 is 1. The van der Waals surface area contributed by atoms with Gasteiger partial charge in [0.1, 0.15) is 11.5 Å². The van der Waals surface area contributed by atoms with E-state index in [0.29, 0.717) is 17.0 Å². The number of ether oxygens (including phenoxy) is 2. The van der Waals surface area contributed by atoms with Crippen LogP contribution in [-0.2, 0) is 0 Å². The summed E-state index contributed by atoms with van der Waals surface area (Å²) in [5, 5.41) is 2.65. The van der Waals surface area contributed by atoms with Crippen molar-refractivity contribution >= 4 is 11.6 Å². The molecule has 2 aromatic carbocycles. The topological polar surface area (TPSA) is 47.6 Å². The average Bonchev–Trinajstić information content (AvgIpc) is 2.49. The van der Waals surface area contributed by atoms with Crippen LogP contribution in [0.25, 0.3) is 0 Å². The third-order valence-electron chi connectivity index (χ3n) is 2.69. The van der Waals surface area contributed by atoms with Crippen LogP contribution < -0.4 is 14.8 Å². The molecule has 0 heterocycles. The zero-order valence-electron chi connectivity index (χ0n) is 11.2. The summed E-state index contributed by atoms with van der Waals surface area (Å²) in [7, 11) is 1.54. The minimum Gasteiger partial charge on any atom is -0.497 e. The van der Waals surface area contributed by atoms with E-state index < -0.39 is 6.61 Å². The Balaban J connectivity index is 2.01. The largest absolute Gasteiger partial charge is 0.497 e. The van der Waals surface area contributed by atoms with Gasteiger partial charge in [0.15, 0.2) is 0 Å². The van der Waals surface area contributed by atoms with Gasteiger partial charge in [-0.1, -0.05) is 0 Å². The van der Waals surface area contributed by atoms with Gasteiger partial charge in [0.05, 0.1) is 7.11 Å². The molecule has 110 valence electrons. The third kappa shape index (κ3) is 4.17. The Morgan fingerprint density at radius 3 is 2.10 bits per heavy atom. The molecule has 0 saturated carbocycles. The highest BCUT2D eigenvalue weighted by molar-refractivity contribution is 6.04. The maximum absolute atomic E-state index is 12.0. The van der Waals surface area contributed by atoms with Crippen molar-refractivity contribution in [2.45, 2.75) is 6.61 Å². The number of amides is 1. The fourth-order valence-corrected chi connectivity index (χ4v) is 1.67. The molecule has 0 atom stereocenters. The average molecular weight is 293 g/mol. The van der Waals surface area contributed by atoms with Gasteiger partial charge in [-0.3, -0.25) is 4.79 Å². The number of rotatable bonds is 5. The van der Waals surface area contributed by atoms with Gasteiger partial charge in [-0.25, -0.2) is 0 Å². The summed E-state index contributed by atoms with van der Waals surface area (Å²) in [4.78, 5) is 12.0. The lowest BCUT2D eigenvalue weighted by molar-refractivity contribution is -0.0498. The van der Waals surface area contributed by atoms with Crippen molar-refractivity contribution in [1.82, 2.24) is 0 Å². The van der Waals surface area contributed by atoms with E-state index in [-0.39, 0.29) is 11.7 Å². The lowest BCUT2D eigenvalue weighted by Crippen LogP contribution is -2.11. The van der Waals surface area contributed by atoms with E-state index in [4.69, 9.17) is 4.74 Å². The number of nitrogens with one attached hydrogen (secondary N) is 1. The Morgan fingerprint density at radius 2 is 1.57 bits per heavy atom. The second-order valence-electron chi connectivity index (χ2n) is 4.09. The number of anilines is 1. The quantitative estimate of drug-likeness (QED) is 0.917. The number of carbonyl (C=O) groups excluding carboxylic acids is 1. The maximum Gasteiger partial charge on any atom is 0.387 e. The molecule has 0 unspecified atom stereocenters. The van der Waals surface area contributed by atoms with E-state index >= 15 is 0 Å². The van der Waals surface area contributed by atoms with E-state index in [1.54, 1.807) is 24.3 Å². The monoisotopic (exact) mass is 293 g/mol. The minimum absolute atomic E-state index is 0.0347. The second-order valence-corrected chi connectivity index (χ2v) is 4.09. The van der Waals surface area contributed by atoms with Crippen LogP contribution in [0.1, 0.15) is 10.4 Å². The normalized spacial score (nSPS) is 10.3. The minimum atomic E-state index is -2.87. The molecule has 0 fully saturated rings. The maximum atomic E-state index is 12.0. The van der Waals surface area contributed by atoms with Gasteiger partial charge in [-0.15, -0.1) is 0 Å². The van der Waals surface area contributed by atoms with E-state index in [1.807, 2.05) is 0 Å². The second kappa shape index (κ2) is 6.69. The predicted molar refractivity (Wildman–Crippen MR) is 74.0 cm³/mol. The van der Waals surface area contributed by atoms with Gasteiger partial charge in [0.25, 0.3) is 5.91 Å². The first-order valence-corrected chi connectivity index (χ1v) is 6.09. The Morgan fingerprint density at radius 1 is 1.00 bits per heavy atom.